The molecule has 0 spiro atoms. The van der Waals surface area contributed by atoms with Gasteiger partial charge in [0.25, 0.3) is 0 Å². The molecule has 3 N–H and O–H groups in total. The lowest BCUT2D eigenvalue weighted by Gasteiger charge is -2.45. The number of hydrogen-bond donors (Lipinski definition) is 2. The van der Waals surface area contributed by atoms with Crippen molar-refractivity contribution in [3.05, 3.63) is 35.4 Å². The Morgan fingerprint density at radius 3 is 2.20 bits per heavy atom. The summed E-state index contributed by atoms with van der Waals surface area (Å²) in [6.07, 6.45) is 3.43. The van der Waals surface area contributed by atoms with Crippen LogP contribution in [0.3, 0.4) is 0 Å². The second kappa shape index (κ2) is 6.16. The predicted molar refractivity (Wildman–Crippen MR) is 75.9 cm³/mol. The molecular weight excluding hydrogens is 260 g/mol. The summed E-state index contributed by atoms with van der Waals surface area (Å²) in [5, 5.41) is 0. The highest BCUT2D eigenvalue weighted by Gasteiger charge is 2.39. The molecule has 1 heterocycles. The summed E-state index contributed by atoms with van der Waals surface area (Å²) in [6.45, 7) is 5.83. The van der Waals surface area contributed by atoms with Crippen molar-refractivity contribution in [2.75, 3.05) is 13.1 Å². The van der Waals surface area contributed by atoms with Crippen LogP contribution in [0.1, 0.15) is 44.7 Å². The van der Waals surface area contributed by atoms with Crippen molar-refractivity contribution in [3.8, 4) is 0 Å². The Bertz CT molecular complexity index is 436. The fourth-order valence-corrected chi connectivity index (χ4v) is 3.08. The number of nitrogens with one attached hydrogen (secondary N) is 1. The number of piperidine rings is 1. The third-order valence-corrected chi connectivity index (χ3v) is 4.33. The van der Waals surface area contributed by atoms with Crippen LogP contribution in [0.15, 0.2) is 18.2 Å². The fraction of sp³-hybridized carbons (Fsp3) is 0.600. The molecule has 1 atom stereocenters. The second-order valence-electron chi connectivity index (χ2n) is 5.94. The molecule has 0 aromatic heterocycles. The SMILES string of the molecule is CC(C)(C(NN)c1c(F)cccc1F)N1CCCCC1. The summed E-state index contributed by atoms with van der Waals surface area (Å²) in [5.74, 6) is 4.51. The van der Waals surface area contributed by atoms with Gasteiger partial charge in [0.2, 0.25) is 0 Å². The molecule has 20 heavy (non-hydrogen) atoms. The van der Waals surface area contributed by atoms with E-state index in [1.807, 2.05) is 13.8 Å². The smallest absolute Gasteiger partial charge is 0.131 e. The van der Waals surface area contributed by atoms with E-state index >= 15 is 0 Å². The molecule has 1 unspecified atom stereocenters. The van der Waals surface area contributed by atoms with E-state index in [4.69, 9.17) is 5.84 Å². The number of hydrogen-bond acceptors (Lipinski definition) is 3. The van der Waals surface area contributed by atoms with E-state index in [0.29, 0.717) is 0 Å². The quantitative estimate of drug-likeness (QED) is 0.659. The van der Waals surface area contributed by atoms with Crippen molar-refractivity contribution in [2.24, 2.45) is 5.84 Å². The molecule has 5 heteroatoms. The maximum atomic E-state index is 14.0. The molecule has 0 bridgehead atoms. The molecule has 0 radical (unpaired) electrons. The maximum absolute atomic E-state index is 14.0. The minimum atomic E-state index is -0.596. The Labute approximate surface area is 119 Å². The Balaban J connectivity index is 2.35. The van der Waals surface area contributed by atoms with E-state index in [-0.39, 0.29) is 5.56 Å². The summed E-state index contributed by atoms with van der Waals surface area (Å²) in [6, 6.07) is 3.32. The molecule has 2 rings (SSSR count). The molecule has 0 amide bonds. The largest absolute Gasteiger partial charge is 0.296 e. The van der Waals surface area contributed by atoms with Gasteiger partial charge in [-0.1, -0.05) is 12.5 Å². The van der Waals surface area contributed by atoms with Crippen molar-refractivity contribution in [2.45, 2.75) is 44.7 Å². The maximum Gasteiger partial charge on any atom is 0.131 e. The highest BCUT2D eigenvalue weighted by molar-refractivity contribution is 5.26. The van der Waals surface area contributed by atoms with Crippen LogP contribution in [0.4, 0.5) is 8.78 Å². The van der Waals surface area contributed by atoms with Crippen molar-refractivity contribution in [1.82, 2.24) is 10.3 Å². The second-order valence-corrected chi connectivity index (χ2v) is 5.94. The molecule has 1 aliphatic rings. The molecule has 1 aromatic rings. The van der Waals surface area contributed by atoms with Gasteiger partial charge < -0.3 is 0 Å². The number of hydrazine groups is 1. The van der Waals surface area contributed by atoms with Crippen molar-refractivity contribution in [1.29, 1.82) is 0 Å². The third-order valence-electron chi connectivity index (χ3n) is 4.33. The van der Waals surface area contributed by atoms with E-state index < -0.39 is 23.2 Å². The normalized spacial score (nSPS) is 19.1. The van der Waals surface area contributed by atoms with Crippen LogP contribution in [0, 0.1) is 11.6 Å². The van der Waals surface area contributed by atoms with Gasteiger partial charge in [-0.15, -0.1) is 0 Å². The first kappa shape index (κ1) is 15.4. The van der Waals surface area contributed by atoms with Crippen LogP contribution in [-0.2, 0) is 0 Å². The summed E-state index contributed by atoms with van der Waals surface area (Å²) in [4.78, 5) is 2.26. The molecule has 112 valence electrons. The van der Waals surface area contributed by atoms with Gasteiger partial charge in [0, 0.05) is 11.1 Å². The number of nitrogens with two attached hydrogens (primary N) is 1. The summed E-state index contributed by atoms with van der Waals surface area (Å²) < 4.78 is 28.1. The van der Waals surface area contributed by atoms with Crippen LogP contribution in [-0.4, -0.2) is 23.5 Å². The summed E-state index contributed by atoms with van der Waals surface area (Å²) in [7, 11) is 0. The average molecular weight is 283 g/mol. The lowest BCUT2D eigenvalue weighted by atomic mass is 9.85. The van der Waals surface area contributed by atoms with E-state index in [0.717, 1.165) is 25.9 Å². The number of benzene rings is 1. The van der Waals surface area contributed by atoms with Crippen LogP contribution >= 0.6 is 0 Å². The van der Waals surface area contributed by atoms with E-state index in [9.17, 15) is 8.78 Å². The fourth-order valence-electron chi connectivity index (χ4n) is 3.08. The van der Waals surface area contributed by atoms with Crippen LogP contribution < -0.4 is 11.3 Å². The monoisotopic (exact) mass is 283 g/mol. The van der Waals surface area contributed by atoms with E-state index in [1.165, 1.54) is 24.6 Å². The Morgan fingerprint density at radius 1 is 1.15 bits per heavy atom. The van der Waals surface area contributed by atoms with Crippen molar-refractivity contribution < 1.29 is 8.78 Å². The lowest BCUT2D eigenvalue weighted by molar-refractivity contribution is 0.0584. The Hall–Kier alpha value is -1.04. The number of rotatable bonds is 4. The van der Waals surface area contributed by atoms with Gasteiger partial charge in [-0.2, -0.15) is 0 Å². The van der Waals surface area contributed by atoms with Gasteiger partial charge in [0.15, 0.2) is 0 Å². The van der Waals surface area contributed by atoms with Gasteiger partial charge in [-0.25, -0.2) is 8.78 Å². The average Bonchev–Trinajstić information content (AvgIpc) is 2.43. The molecule has 0 aliphatic carbocycles. The molecule has 1 fully saturated rings. The standard InChI is InChI=1S/C15H23F2N3/c1-15(2,20-9-4-3-5-10-20)14(19-18)13-11(16)7-6-8-12(13)17/h6-8,14,19H,3-5,9-10,18H2,1-2H3. The Kier molecular flexibility index (Phi) is 4.73. The highest BCUT2D eigenvalue weighted by Crippen LogP contribution is 2.34. The molecule has 1 aromatic carbocycles. The van der Waals surface area contributed by atoms with Gasteiger partial charge in [0.1, 0.15) is 11.6 Å². The first-order chi connectivity index (χ1) is 9.48. The minimum absolute atomic E-state index is 0.0190. The molecular formula is C15H23F2N3. The number of likely N-dealkylation sites (tertiary alicyclic amines) is 1. The molecule has 1 aliphatic heterocycles. The molecule has 3 nitrogen and oxygen atoms in total. The lowest BCUT2D eigenvalue weighted by Crippen LogP contribution is -2.56. The Morgan fingerprint density at radius 2 is 1.70 bits per heavy atom. The number of halogens is 2. The third kappa shape index (κ3) is 2.85. The molecule has 0 saturated carbocycles. The first-order valence-electron chi connectivity index (χ1n) is 7.13. The zero-order valence-corrected chi connectivity index (χ0v) is 12.1. The van der Waals surface area contributed by atoms with E-state index in [2.05, 4.69) is 10.3 Å². The van der Waals surface area contributed by atoms with E-state index in [1.54, 1.807) is 0 Å². The summed E-state index contributed by atoms with van der Waals surface area (Å²) >= 11 is 0. The molecule has 1 saturated heterocycles. The van der Waals surface area contributed by atoms with Gasteiger partial charge in [-0.3, -0.25) is 16.2 Å². The van der Waals surface area contributed by atoms with Crippen molar-refractivity contribution >= 4 is 0 Å². The van der Waals surface area contributed by atoms with Crippen LogP contribution in [0.2, 0.25) is 0 Å². The minimum Gasteiger partial charge on any atom is -0.296 e. The zero-order valence-electron chi connectivity index (χ0n) is 12.1. The first-order valence-corrected chi connectivity index (χ1v) is 7.13. The highest BCUT2D eigenvalue weighted by atomic mass is 19.1. The zero-order chi connectivity index (χ0) is 14.8. The topological polar surface area (TPSA) is 41.3 Å². The van der Waals surface area contributed by atoms with Crippen LogP contribution in [0.25, 0.3) is 0 Å². The van der Waals surface area contributed by atoms with Gasteiger partial charge >= 0.3 is 0 Å². The van der Waals surface area contributed by atoms with Gasteiger partial charge in [-0.05, 0) is 51.9 Å². The van der Waals surface area contributed by atoms with Gasteiger partial charge in [0.05, 0.1) is 6.04 Å². The predicted octanol–water partition coefficient (Wildman–Crippen LogP) is 2.73. The van der Waals surface area contributed by atoms with Crippen molar-refractivity contribution in [3.63, 3.8) is 0 Å². The summed E-state index contributed by atoms with van der Waals surface area (Å²) in [5.41, 5.74) is 2.17. The van der Waals surface area contributed by atoms with Crippen LogP contribution in [0.5, 0.6) is 0 Å². The number of nitrogens with zero attached hydrogens (tertiary/aromatic N) is 1.